The Morgan fingerprint density at radius 1 is 1.27 bits per heavy atom. The maximum absolute atomic E-state index is 6.43. The third kappa shape index (κ3) is 1.62. The lowest BCUT2D eigenvalue weighted by molar-refractivity contribution is -0.147. The molecule has 0 aromatic carbocycles. The highest BCUT2D eigenvalue weighted by Crippen LogP contribution is 2.53. The SMILES string of the molecule is CC1(C(N)C2CCOC3(CCC3)C2)CC1. The molecule has 86 valence electrons. The second-order valence-electron chi connectivity index (χ2n) is 6.32. The van der Waals surface area contributed by atoms with Crippen molar-refractivity contribution in [2.75, 3.05) is 6.61 Å². The van der Waals surface area contributed by atoms with Crippen molar-refractivity contribution in [3.05, 3.63) is 0 Å². The lowest BCUT2D eigenvalue weighted by Crippen LogP contribution is -2.51. The van der Waals surface area contributed by atoms with Gasteiger partial charge in [-0.3, -0.25) is 0 Å². The number of ether oxygens (including phenoxy) is 1. The number of hydrogen-bond donors (Lipinski definition) is 1. The van der Waals surface area contributed by atoms with E-state index in [-0.39, 0.29) is 5.60 Å². The van der Waals surface area contributed by atoms with Gasteiger partial charge in [0, 0.05) is 12.6 Å². The molecule has 2 unspecified atom stereocenters. The summed E-state index contributed by atoms with van der Waals surface area (Å²) in [4.78, 5) is 0. The van der Waals surface area contributed by atoms with Crippen LogP contribution in [-0.4, -0.2) is 18.2 Å². The molecule has 15 heavy (non-hydrogen) atoms. The smallest absolute Gasteiger partial charge is 0.0685 e. The molecule has 3 rings (SSSR count). The van der Waals surface area contributed by atoms with Gasteiger partial charge in [-0.05, 0) is 56.3 Å². The van der Waals surface area contributed by atoms with E-state index in [0.717, 1.165) is 12.5 Å². The monoisotopic (exact) mass is 209 g/mol. The van der Waals surface area contributed by atoms with E-state index in [1.54, 1.807) is 0 Å². The molecule has 0 bridgehead atoms. The first-order chi connectivity index (χ1) is 7.14. The van der Waals surface area contributed by atoms with Gasteiger partial charge in [0.2, 0.25) is 0 Å². The van der Waals surface area contributed by atoms with E-state index in [2.05, 4.69) is 6.92 Å². The van der Waals surface area contributed by atoms with Crippen molar-refractivity contribution in [3.63, 3.8) is 0 Å². The zero-order valence-electron chi connectivity index (χ0n) is 9.80. The fourth-order valence-corrected chi connectivity index (χ4v) is 3.39. The molecule has 2 aliphatic carbocycles. The largest absolute Gasteiger partial charge is 0.375 e. The fourth-order valence-electron chi connectivity index (χ4n) is 3.39. The Labute approximate surface area is 92.6 Å². The summed E-state index contributed by atoms with van der Waals surface area (Å²) in [7, 11) is 0. The summed E-state index contributed by atoms with van der Waals surface area (Å²) >= 11 is 0. The quantitative estimate of drug-likeness (QED) is 0.758. The molecule has 2 N–H and O–H groups in total. The summed E-state index contributed by atoms with van der Waals surface area (Å²) in [5.41, 5.74) is 7.18. The molecular formula is C13H23NO. The summed E-state index contributed by atoms with van der Waals surface area (Å²) in [5.74, 6) is 0.728. The van der Waals surface area contributed by atoms with Crippen molar-refractivity contribution >= 4 is 0 Å². The third-order valence-corrected chi connectivity index (χ3v) is 5.15. The molecule has 2 saturated carbocycles. The fraction of sp³-hybridized carbons (Fsp3) is 1.00. The van der Waals surface area contributed by atoms with E-state index < -0.39 is 0 Å². The molecule has 2 heteroatoms. The van der Waals surface area contributed by atoms with Gasteiger partial charge in [-0.2, -0.15) is 0 Å². The van der Waals surface area contributed by atoms with Crippen LogP contribution in [0.25, 0.3) is 0 Å². The molecule has 2 nitrogen and oxygen atoms in total. The first-order valence-electron chi connectivity index (χ1n) is 6.53. The molecule has 1 spiro atoms. The molecule has 0 amide bonds. The van der Waals surface area contributed by atoms with E-state index in [1.807, 2.05) is 0 Å². The van der Waals surface area contributed by atoms with Gasteiger partial charge in [-0.25, -0.2) is 0 Å². The number of hydrogen-bond acceptors (Lipinski definition) is 2. The highest BCUT2D eigenvalue weighted by Gasteiger charge is 2.50. The highest BCUT2D eigenvalue weighted by atomic mass is 16.5. The van der Waals surface area contributed by atoms with Gasteiger partial charge in [0.15, 0.2) is 0 Å². The van der Waals surface area contributed by atoms with Gasteiger partial charge in [-0.15, -0.1) is 0 Å². The standard InChI is InChI=1S/C13H23NO/c1-12(6-7-12)11(14)10-3-8-15-13(9-10)4-2-5-13/h10-11H,2-9,14H2,1H3. The van der Waals surface area contributed by atoms with Crippen LogP contribution < -0.4 is 5.73 Å². The summed E-state index contributed by atoms with van der Waals surface area (Å²) in [6.07, 6.45) is 9.05. The zero-order chi connectivity index (χ0) is 10.5. The summed E-state index contributed by atoms with van der Waals surface area (Å²) < 4.78 is 5.96. The van der Waals surface area contributed by atoms with Gasteiger partial charge in [0.1, 0.15) is 0 Å². The molecule has 2 atom stereocenters. The maximum Gasteiger partial charge on any atom is 0.0685 e. The normalized spacial score (nSPS) is 38.4. The Morgan fingerprint density at radius 2 is 2.00 bits per heavy atom. The first kappa shape index (κ1) is 10.1. The van der Waals surface area contributed by atoms with Crippen molar-refractivity contribution < 1.29 is 4.74 Å². The molecule has 1 heterocycles. The van der Waals surface area contributed by atoms with Crippen LogP contribution in [0.3, 0.4) is 0 Å². The molecule has 1 aliphatic heterocycles. The minimum Gasteiger partial charge on any atom is -0.375 e. The highest BCUT2D eigenvalue weighted by molar-refractivity contribution is 5.04. The number of rotatable bonds is 2. The molecule has 0 aromatic heterocycles. The Kier molecular flexibility index (Phi) is 2.16. The van der Waals surface area contributed by atoms with Crippen LogP contribution in [0, 0.1) is 11.3 Å². The Balaban J connectivity index is 1.66. The summed E-state index contributed by atoms with van der Waals surface area (Å²) in [6, 6.07) is 0.430. The van der Waals surface area contributed by atoms with Crippen LogP contribution in [0.2, 0.25) is 0 Å². The average Bonchev–Trinajstić information content (AvgIpc) is 2.95. The molecule has 0 radical (unpaired) electrons. The Bertz CT molecular complexity index is 255. The van der Waals surface area contributed by atoms with E-state index in [1.165, 1.54) is 44.9 Å². The second kappa shape index (κ2) is 3.21. The Morgan fingerprint density at radius 3 is 2.53 bits per heavy atom. The van der Waals surface area contributed by atoms with Gasteiger partial charge in [0.25, 0.3) is 0 Å². The van der Waals surface area contributed by atoms with E-state index in [0.29, 0.717) is 11.5 Å². The maximum atomic E-state index is 6.43. The molecule has 0 aromatic rings. The minimum absolute atomic E-state index is 0.270. The number of nitrogens with two attached hydrogens (primary N) is 1. The predicted octanol–water partition coefficient (Wildman–Crippen LogP) is 2.46. The second-order valence-corrected chi connectivity index (χ2v) is 6.32. The van der Waals surface area contributed by atoms with Gasteiger partial charge in [-0.1, -0.05) is 6.92 Å². The topological polar surface area (TPSA) is 35.2 Å². The van der Waals surface area contributed by atoms with Gasteiger partial charge < -0.3 is 10.5 Å². The molecule has 3 fully saturated rings. The molecular weight excluding hydrogens is 186 g/mol. The van der Waals surface area contributed by atoms with Gasteiger partial charge >= 0.3 is 0 Å². The van der Waals surface area contributed by atoms with Crippen molar-refractivity contribution in [2.24, 2.45) is 17.1 Å². The summed E-state index contributed by atoms with van der Waals surface area (Å²) in [5, 5.41) is 0. The lowest BCUT2D eigenvalue weighted by atomic mass is 9.69. The van der Waals surface area contributed by atoms with Crippen molar-refractivity contribution in [1.29, 1.82) is 0 Å². The van der Waals surface area contributed by atoms with Crippen LogP contribution in [0.5, 0.6) is 0 Å². The predicted molar refractivity (Wildman–Crippen MR) is 60.6 cm³/mol. The van der Waals surface area contributed by atoms with Crippen LogP contribution in [0.4, 0.5) is 0 Å². The van der Waals surface area contributed by atoms with Crippen molar-refractivity contribution in [1.82, 2.24) is 0 Å². The molecule has 1 saturated heterocycles. The van der Waals surface area contributed by atoms with Crippen molar-refractivity contribution in [3.8, 4) is 0 Å². The van der Waals surface area contributed by atoms with Crippen molar-refractivity contribution in [2.45, 2.75) is 63.5 Å². The van der Waals surface area contributed by atoms with Crippen LogP contribution in [-0.2, 0) is 4.74 Å². The molecule has 3 aliphatic rings. The first-order valence-corrected chi connectivity index (χ1v) is 6.53. The van der Waals surface area contributed by atoms with Crippen LogP contribution >= 0.6 is 0 Å². The zero-order valence-corrected chi connectivity index (χ0v) is 9.80. The summed E-state index contributed by atoms with van der Waals surface area (Å²) in [6.45, 7) is 3.31. The van der Waals surface area contributed by atoms with E-state index in [9.17, 15) is 0 Å². The van der Waals surface area contributed by atoms with E-state index in [4.69, 9.17) is 10.5 Å². The Hall–Kier alpha value is -0.0800. The average molecular weight is 209 g/mol. The third-order valence-electron chi connectivity index (χ3n) is 5.15. The van der Waals surface area contributed by atoms with E-state index >= 15 is 0 Å². The van der Waals surface area contributed by atoms with Crippen LogP contribution in [0.1, 0.15) is 51.9 Å². The van der Waals surface area contributed by atoms with Crippen LogP contribution in [0.15, 0.2) is 0 Å². The van der Waals surface area contributed by atoms with Gasteiger partial charge in [0.05, 0.1) is 5.60 Å². The minimum atomic E-state index is 0.270. The lowest BCUT2D eigenvalue weighted by Gasteiger charge is -2.49.